The van der Waals surface area contributed by atoms with Crippen LogP contribution >= 0.6 is 11.6 Å². The molecule has 3 aromatic carbocycles. The third-order valence-corrected chi connectivity index (χ3v) is 4.98. The summed E-state index contributed by atoms with van der Waals surface area (Å²) in [5.41, 5.74) is 1.96. The maximum Gasteiger partial charge on any atom is 0.266 e. The van der Waals surface area contributed by atoms with Crippen LogP contribution in [0.5, 0.6) is 11.5 Å². The van der Waals surface area contributed by atoms with E-state index >= 15 is 0 Å². The first-order valence-electron chi connectivity index (χ1n) is 9.29. The molecular weight excluding hydrogens is 400 g/mol. The highest BCUT2D eigenvalue weighted by atomic mass is 35.5. The van der Waals surface area contributed by atoms with Crippen molar-refractivity contribution in [1.82, 2.24) is 9.55 Å². The zero-order chi connectivity index (χ0) is 21.1. The number of nitrogens with zero attached hydrogens (tertiary/aromatic N) is 2. The van der Waals surface area contributed by atoms with Gasteiger partial charge in [0.15, 0.2) is 11.5 Å². The summed E-state index contributed by atoms with van der Waals surface area (Å²) in [4.78, 5) is 18.0. The first kappa shape index (κ1) is 19.7. The monoisotopic (exact) mass is 418 g/mol. The summed E-state index contributed by atoms with van der Waals surface area (Å²) >= 11 is 6.03. The zero-order valence-electron chi connectivity index (χ0n) is 16.5. The lowest BCUT2D eigenvalue weighted by Gasteiger charge is -2.12. The predicted molar refractivity (Wildman–Crippen MR) is 121 cm³/mol. The Kier molecular flexibility index (Phi) is 5.55. The van der Waals surface area contributed by atoms with Gasteiger partial charge in [0.1, 0.15) is 5.82 Å². The highest BCUT2D eigenvalue weighted by Gasteiger charge is 2.12. The zero-order valence-corrected chi connectivity index (χ0v) is 17.3. The van der Waals surface area contributed by atoms with E-state index in [0.717, 1.165) is 5.56 Å². The third-order valence-electron chi connectivity index (χ3n) is 4.73. The molecule has 5 nitrogen and oxygen atoms in total. The van der Waals surface area contributed by atoms with E-state index in [-0.39, 0.29) is 5.56 Å². The Morgan fingerprint density at radius 2 is 1.67 bits per heavy atom. The van der Waals surface area contributed by atoms with Crippen LogP contribution in [0.1, 0.15) is 11.4 Å². The SMILES string of the molecule is COc1cccc(/C=C/c2nc3ccccc3c(=O)n2-c2ccc(Cl)cc2)c1OC. The topological polar surface area (TPSA) is 53.3 Å². The van der Waals surface area contributed by atoms with E-state index in [1.165, 1.54) is 0 Å². The molecule has 0 saturated carbocycles. The number of ether oxygens (including phenoxy) is 2. The van der Waals surface area contributed by atoms with Gasteiger partial charge in [-0.1, -0.05) is 35.9 Å². The summed E-state index contributed by atoms with van der Waals surface area (Å²) in [6.45, 7) is 0. The van der Waals surface area contributed by atoms with Crippen molar-refractivity contribution < 1.29 is 9.47 Å². The number of methoxy groups -OCH3 is 2. The predicted octanol–water partition coefficient (Wildman–Crippen LogP) is 5.23. The number of benzene rings is 3. The van der Waals surface area contributed by atoms with Crippen molar-refractivity contribution >= 4 is 34.7 Å². The molecule has 4 aromatic rings. The second-order valence-electron chi connectivity index (χ2n) is 6.52. The normalized spacial score (nSPS) is 11.2. The average molecular weight is 419 g/mol. The summed E-state index contributed by atoms with van der Waals surface area (Å²) < 4.78 is 12.4. The molecule has 0 atom stereocenters. The third kappa shape index (κ3) is 3.67. The van der Waals surface area contributed by atoms with Gasteiger partial charge in [0.05, 0.1) is 30.8 Å². The maximum atomic E-state index is 13.3. The Balaban J connectivity index is 1.92. The molecule has 0 fully saturated rings. The average Bonchev–Trinajstić information content (AvgIpc) is 2.78. The lowest BCUT2D eigenvalue weighted by atomic mass is 10.1. The summed E-state index contributed by atoms with van der Waals surface area (Å²) in [7, 11) is 3.18. The van der Waals surface area contributed by atoms with E-state index in [2.05, 4.69) is 0 Å². The number of para-hydroxylation sites is 2. The molecule has 0 unspecified atom stereocenters. The van der Waals surface area contributed by atoms with Gasteiger partial charge in [-0.2, -0.15) is 0 Å². The Morgan fingerprint density at radius 3 is 2.40 bits per heavy atom. The second-order valence-corrected chi connectivity index (χ2v) is 6.96. The van der Waals surface area contributed by atoms with Crippen LogP contribution in [0.25, 0.3) is 28.7 Å². The molecular formula is C24H19ClN2O3. The van der Waals surface area contributed by atoms with Crippen molar-refractivity contribution in [3.63, 3.8) is 0 Å². The number of hydrogen-bond donors (Lipinski definition) is 0. The number of fused-ring (bicyclic) bond motifs is 1. The van der Waals surface area contributed by atoms with Crippen molar-refractivity contribution in [2.24, 2.45) is 0 Å². The fraction of sp³-hybridized carbons (Fsp3) is 0.0833. The van der Waals surface area contributed by atoms with E-state index in [9.17, 15) is 4.79 Å². The lowest BCUT2D eigenvalue weighted by Crippen LogP contribution is -2.22. The fourth-order valence-electron chi connectivity index (χ4n) is 3.31. The van der Waals surface area contributed by atoms with Crippen LogP contribution in [0, 0.1) is 0 Å². The van der Waals surface area contributed by atoms with E-state index in [1.807, 2.05) is 42.5 Å². The molecule has 30 heavy (non-hydrogen) atoms. The highest BCUT2D eigenvalue weighted by molar-refractivity contribution is 6.30. The largest absolute Gasteiger partial charge is 0.493 e. The molecule has 0 aliphatic rings. The molecule has 6 heteroatoms. The maximum absolute atomic E-state index is 13.3. The minimum absolute atomic E-state index is 0.153. The van der Waals surface area contributed by atoms with E-state index in [0.29, 0.717) is 38.9 Å². The fourth-order valence-corrected chi connectivity index (χ4v) is 3.43. The van der Waals surface area contributed by atoms with Gasteiger partial charge in [-0.3, -0.25) is 9.36 Å². The van der Waals surface area contributed by atoms with Crippen LogP contribution in [0.15, 0.2) is 71.5 Å². The van der Waals surface area contributed by atoms with Crippen LogP contribution in [-0.4, -0.2) is 23.8 Å². The molecule has 0 saturated heterocycles. The molecule has 0 aliphatic heterocycles. The summed E-state index contributed by atoms with van der Waals surface area (Å²) in [6, 6.07) is 20.0. The smallest absolute Gasteiger partial charge is 0.266 e. The molecule has 4 rings (SSSR count). The van der Waals surface area contributed by atoms with E-state index in [4.69, 9.17) is 26.1 Å². The van der Waals surface area contributed by atoms with Gasteiger partial charge >= 0.3 is 0 Å². The van der Waals surface area contributed by atoms with Crippen molar-refractivity contribution in [3.8, 4) is 17.2 Å². The first-order chi connectivity index (χ1) is 14.6. The number of aromatic nitrogens is 2. The van der Waals surface area contributed by atoms with Crippen molar-refractivity contribution in [2.45, 2.75) is 0 Å². The van der Waals surface area contributed by atoms with Gasteiger partial charge in [-0.15, -0.1) is 0 Å². The Morgan fingerprint density at radius 1 is 0.900 bits per heavy atom. The molecule has 1 aromatic heterocycles. The van der Waals surface area contributed by atoms with Crippen LogP contribution in [0.4, 0.5) is 0 Å². The first-order valence-corrected chi connectivity index (χ1v) is 9.67. The van der Waals surface area contributed by atoms with Gasteiger partial charge in [0.2, 0.25) is 0 Å². The minimum atomic E-state index is -0.153. The summed E-state index contributed by atoms with van der Waals surface area (Å²) in [5.74, 6) is 1.73. The quantitative estimate of drug-likeness (QED) is 0.445. The van der Waals surface area contributed by atoms with Crippen LogP contribution < -0.4 is 15.0 Å². The van der Waals surface area contributed by atoms with E-state index in [1.54, 1.807) is 55.2 Å². The molecule has 150 valence electrons. The molecule has 0 N–H and O–H groups in total. The second kappa shape index (κ2) is 8.43. The molecule has 1 heterocycles. The molecule has 0 aliphatic carbocycles. The van der Waals surface area contributed by atoms with Gasteiger partial charge in [-0.25, -0.2) is 4.98 Å². The Labute approximate surface area is 178 Å². The van der Waals surface area contributed by atoms with Gasteiger partial charge < -0.3 is 9.47 Å². The summed E-state index contributed by atoms with van der Waals surface area (Å²) in [5, 5.41) is 1.14. The van der Waals surface area contributed by atoms with Crippen molar-refractivity contribution in [1.29, 1.82) is 0 Å². The highest BCUT2D eigenvalue weighted by Crippen LogP contribution is 2.32. The van der Waals surface area contributed by atoms with Crippen LogP contribution in [0.3, 0.4) is 0 Å². The number of halogens is 1. The van der Waals surface area contributed by atoms with Gasteiger partial charge in [0.25, 0.3) is 5.56 Å². The molecule has 0 spiro atoms. The molecule has 0 amide bonds. The van der Waals surface area contributed by atoms with Gasteiger partial charge in [-0.05, 0) is 54.6 Å². The Bertz CT molecular complexity index is 1290. The van der Waals surface area contributed by atoms with Gasteiger partial charge in [0, 0.05) is 10.6 Å². The van der Waals surface area contributed by atoms with Crippen molar-refractivity contribution in [3.05, 3.63) is 93.5 Å². The summed E-state index contributed by atoms with van der Waals surface area (Å²) in [6.07, 6.45) is 3.64. The van der Waals surface area contributed by atoms with Crippen molar-refractivity contribution in [2.75, 3.05) is 14.2 Å². The minimum Gasteiger partial charge on any atom is -0.493 e. The number of hydrogen-bond acceptors (Lipinski definition) is 4. The van der Waals surface area contributed by atoms with Crippen LogP contribution in [-0.2, 0) is 0 Å². The molecule has 0 bridgehead atoms. The molecule has 0 radical (unpaired) electrons. The lowest BCUT2D eigenvalue weighted by molar-refractivity contribution is 0.354. The van der Waals surface area contributed by atoms with E-state index < -0.39 is 0 Å². The standard InChI is InChI=1S/C24H19ClN2O3/c1-29-21-9-5-6-16(23(21)30-2)10-15-22-26-20-8-4-3-7-19(20)24(28)27(22)18-13-11-17(25)12-14-18/h3-15H,1-2H3/b15-10+. The number of rotatable bonds is 5. The Hall–Kier alpha value is -3.57. The van der Waals surface area contributed by atoms with Crippen LogP contribution in [0.2, 0.25) is 5.02 Å².